The lowest BCUT2D eigenvalue weighted by atomic mass is 9.80. The first kappa shape index (κ1) is 9.03. The Morgan fingerprint density at radius 1 is 1.25 bits per heavy atom. The van der Waals surface area contributed by atoms with Gasteiger partial charge in [0.05, 0.1) is 0 Å². The highest BCUT2D eigenvalue weighted by Gasteiger charge is 2.26. The third-order valence-electron chi connectivity index (χ3n) is 1.32. The molecule has 0 atom stereocenters. The molecule has 0 aliphatic carbocycles. The van der Waals surface area contributed by atoms with Gasteiger partial charge in [-0.25, -0.2) is 4.98 Å². The molecule has 0 aliphatic heterocycles. The van der Waals surface area contributed by atoms with E-state index < -0.39 is 18.4 Å². The lowest BCUT2D eigenvalue weighted by Crippen LogP contribution is -2.34. The predicted octanol–water partition coefficient (Wildman–Crippen LogP) is 1.58. The van der Waals surface area contributed by atoms with Gasteiger partial charge in [0, 0.05) is 5.69 Å². The van der Waals surface area contributed by atoms with Crippen LogP contribution in [0.4, 0.5) is 17.3 Å². The highest BCUT2D eigenvalue weighted by Crippen LogP contribution is 2.09. The van der Waals surface area contributed by atoms with Crippen molar-refractivity contribution in [3.8, 4) is 0 Å². The van der Waals surface area contributed by atoms with Crippen LogP contribution in [0.25, 0.3) is 0 Å². The third-order valence-corrected chi connectivity index (χ3v) is 1.32. The van der Waals surface area contributed by atoms with Gasteiger partial charge < -0.3 is 12.9 Å². The summed E-state index contributed by atoms with van der Waals surface area (Å²) in [6, 6.07) is 1.22. The Labute approximate surface area is 66.5 Å². The number of hydrogen-bond donors (Lipinski definition) is 0. The fraction of sp³-hybridized carbons (Fsp3) is 0.167. The van der Waals surface area contributed by atoms with Crippen molar-refractivity contribution in [1.82, 2.24) is 4.98 Å². The second kappa shape index (κ2) is 2.77. The van der Waals surface area contributed by atoms with Crippen molar-refractivity contribution in [2.45, 2.75) is 6.92 Å². The molecule has 0 saturated carbocycles. The molecule has 0 saturated heterocycles. The molecule has 0 radical (unpaired) electrons. The van der Waals surface area contributed by atoms with Crippen LogP contribution in [-0.4, -0.2) is 12.0 Å². The summed E-state index contributed by atoms with van der Waals surface area (Å²) in [4.78, 5) is 3.19. The van der Waals surface area contributed by atoms with Crippen molar-refractivity contribution in [3.05, 3.63) is 23.8 Å². The number of aromatic nitrogens is 1. The average molecular weight is 178 g/mol. The molecule has 0 unspecified atom stereocenters. The summed E-state index contributed by atoms with van der Waals surface area (Å²) in [6.45, 7) is -3.81. The molecule has 0 aliphatic rings. The molecule has 0 bridgehead atoms. The van der Waals surface area contributed by atoms with Gasteiger partial charge in [-0.15, -0.1) is 5.46 Å². The molecule has 66 valence electrons. The van der Waals surface area contributed by atoms with Gasteiger partial charge in [-0.1, -0.05) is 6.07 Å². The van der Waals surface area contributed by atoms with Crippen molar-refractivity contribution in [2.75, 3.05) is 0 Å². The summed E-state index contributed by atoms with van der Waals surface area (Å²) in [5.74, 6) is -1.09. The smallest absolute Gasteiger partial charge is 0.445 e. The Morgan fingerprint density at radius 3 is 2.25 bits per heavy atom. The van der Waals surface area contributed by atoms with Gasteiger partial charge in [0.1, 0.15) is 0 Å². The highest BCUT2D eigenvalue weighted by atomic mass is 19.4. The van der Waals surface area contributed by atoms with E-state index in [2.05, 4.69) is 4.98 Å². The first-order valence-corrected chi connectivity index (χ1v) is 3.23. The first-order valence-electron chi connectivity index (χ1n) is 3.23. The summed E-state index contributed by atoms with van der Waals surface area (Å²) >= 11 is 0. The average Bonchev–Trinajstić information content (AvgIpc) is 1.82. The number of nitrogens with zero attached hydrogens (tertiary/aromatic N) is 1. The molecular weight excluding hydrogens is 173 g/mol. The summed E-state index contributed by atoms with van der Waals surface area (Å²) in [7, 11) is 0. The monoisotopic (exact) mass is 178 g/mol. The molecule has 1 heterocycles. The van der Waals surface area contributed by atoms with Crippen LogP contribution in [-0.2, 0) is 0 Å². The zero-order chi connectivity index (χ0) is 9.35. The van der Waals surface area contributed by atoms with Crippen molar-refractivity contribution in [2.24, 2.45) is 0 Å². The summed E-state index contributed by atoms with van der Waals surface area (Å²) in [5.41, 5.74) is -0.913. The topological polar surface area (TPSA) is 12.9 Å². The van der Waals surface area contributed by atoms with Crippen LogP contribution in [0.15, 0.2) is 12.1 Å². The number of rotatable bonds is 1. The maximum atomic E-state index is 12.4. The van der Waals surface area contributed by atoms with E-state index in [-0.39, 0.29) is 5.69 Å². The van der Waals surface area contributed by atoms with Crippen LogP contribution >= 0.6 is 0 Å². The van der Waals surface area contributed by atoms with Crippen molar-refractivity contribution in [3.63, 3.8) is 0 Å². The van der Waals surface area contributed by atoms with Crippen molar-refractivity contribution >= 4 is 12.4 Å². The zero-order valence-corrected chi connectivity index (χ0v) is 6.19. The number of halogens is 4. The molecule has 1 aromatic rings. The number of pyridine rings is 1. The summed E-state index contributed by atoms with van der Waals surface area (Å²) in [6.07, 6.45) is 0. The van der Waals surface area contributed by atoms with Gasteiger partial charge in [0.25, 0.3) is 0 Å². The van der Waals surface area contributed by atoms with Crippen LogP contribution in [0.5, 0.6) is 0 Å². The Hall–Kier alpha value is -1.07. The van der Waals surface area contributed by atoms with Crippen molar-refractivity contribution < 1.29 is 17.3 Å². The van der Waals surface area contributed by atoms with E-state index in [0.29, 0.717) is 6.07 Å². The van der Waals surface area contributed by atoms with E-state index >= 15 is 0 Å². The minimum absolute atomic E-state index is 0.0317. The molecule has 0 amide bonds. The largest absolute Gasteiger partial charge is 0.509 e. The normalized spacial score (nSPS) is 11.8. The molecule has 0 spiro atoms. The molecule has 0 aromatic carbocycles. The van der Waals surface area contributed by atoms with E-state index in [1.807, 2.05) is 0 Å². The van der Waals surface area contributed by atoms with Gasteiger partial charge in [-0.2, -0.15) is 4.39 Å². The lowest BCUT2D eigenvalue weighted by molar-refractivity contribution is 0.498. The second-order valence-corrected chi connectivity index (χ2v) is 2.44. The molecular formula is C6H5BF4N-. The van der Waals surface area contributed by atoms with Crippen LogP contribution in [0.2, 0.25) is 0 Å². The summed E-state index contributed by atoms with van der Waals surface area (Å²) in [5, 5.41) is 0. The maximum Gasteiger partial charge on any atom is 0.509 e. The Kier molecular flexibility index (Phi) is 2.08. The van der Waals surface area contributed by atoms with Gasteiger partial charge in [0.15, 0.2) is 0 Å². The van der Waals surface area contributed by atoms with Gasteiger partial charge in [0.2, 0.25) is 5.95 Å². The summed E-state index contributed by atoms with van der Waals surface area (Å²) < 4.78 is 48.4. The Morgan fingerprint density at radius 2 is 1.83 bits per heavy atom. The molecule has 0 N–H and O–H groups in total. The van der Waals surface area contributed by atoms with Crippen LogP contribution in [0.1, 0.15) is 5.69 Å². The Balaban J connectivity index is 3.18. The second-order valence-electron chi connectivity index (χ2n) is 2.44. The van der Waals surface area contributed by atoms with E-state index in [9.17, 15) is 17.3 Å². The van der Waals surface area contributed by atoms with E-state index in [4.69, 9.17) is 0 Å². The molecule has 1 rings (SSSR count). The van der Waals surface area contributed by atoms with Crippen LogP contribution < -0.4 is 5.46 Å². The zero-order valence-electron chi connectivity index (χ0n) is 6.19. The molecule has 6 heteroatoms. The number of aryl methyl sites for hydroxylation is 1. The predicted molar refractivity (Wildman–Crippen MR) is 37.6 cm³/mol. The third kappa shape index (κ3) is 1.96. The molecule has 0 fully saturated rings. The minimum atomic E-state index is -5.12. The molecule has 1 aromatic heterocycles. The van der Waals surface area contributed by atoms with Gasteiger partial charge >= 0.3 is 6.98 Å². The maximum absolute atomic E-state index is 12.4. The SMILES string of the molecule is Cc1cc([B-](F)(F)F)cc(F)n1. The molecule has 12 heavy (non-hydrogen) atoms. The number of hydrogen-bond acceptors (Lipinski definition) is 1. The highest BCUT2D eigenvalue weighted by molar-refractivity contribution is 6.73. The van der Waals surface area contributed by atoms with E-state index in [1.165, 1.54) is 6.92 Å². The van der Waals surface area contributed by atoms with Gasteiger partial charge in [-0.3, -0.25) is 0 Å². The van der Waals surface area contributed by atoms with Crippen LogP contribution in [0, 0.1) is 12.9 Å². The van der Waals surface area contributed by atoms with Crippen LogP contribution in [0.3, 0.4) is 0 Å². The first-order chi connectivity index (χ1) is 5.39. The fourth-order valence-electron chi connectivity index (χ4n) is 0.842. The minimum Gasteiger partial charge on any atom is -0.445 e. The standard InChI is InChI=1S/C6H5BF4N/c1-4-2-5(7(9,10)11)3-6(8)12-4/h2-3H,1H3/q-1. The van der Waals surface area contributed by atoms with E-state index in [1.54, 1.807) is 0 Å². The fourth-order valence-corrected chi connectivity index (χ4v) is 0.842. The van der Waals surface area contributed by atoms with Gasteiger partial charge in [-0.05, 0) is 13.0 Å². The van der Waals surface area contributed by atoms with E-state index in [0.717, 1.165) is 6.07 Å². The quantitative estimate of drug-likeness (QED) is 0.361. The Bertz CT molecular complexity index is 276. The lowest BCUT2D eigenvalue weighted by Gasteiger charge is -2.14. The van der Waals surface area contributed by atoms with Crippen molar-refractivity contribution in [1.29, 1.82) is 0 Å². The molecule has 1 nitrogen and oxygen atoms in total.